The molecule has 2 heterocycles. The summed E-state index contributed by atoms with van der Waals surface area (Å²) in [6, 6.07) is 30.3. The molecule has 0 unspecified atom stereocenters. The van der Waals surface area contributed by atoms with Crippen molar-refractivity contribution >= 4 is 17.6 Å². The lowest BCUT2D eigenvalue weighted by Gasteiger charge is -2.37. The predicted octanol–water partition coefficient (Wildman–Crippen LogP) is 4.70. The van der Waals surface area contributed by atoms with Gasteiger partial charge in [-0.2, -0.15) is 0 Å². The SMILES string of the molecule is COc1ccc(-c2ccc(N3CCN(C(=O)CN(C(=O)c4ccccc4)[C@H](C)c4ccccc4)CC3)nn2)cc1. The summed E-state index contributed by atoms with van der Waals surface area (Å²) in [6.07, 6.45) is 0. The van der Waals surface area contributed by atoms with Gasteiger partial charge in [0.1, 0.15) is 12.3 Å². The molecule has 1 atom stereocenters. The summed E-state index contributed by atoms with van der Waals surface area (Å²) in [5, 5.41) is 8.85. The minimum atomic E-state index is -0.251. The van der Waals surface area contributed by atoms with E-state index in [0.29, 0.717) is 31.7 Å². The Labute approximate surface area is 234 Å². The van der Waals surface area contributed by atoms with Crippen molar-refractivity contribution in [3.63, 3.8) is 0 Å². The highest BCUT2D eigenvalue weighted by Gasteiger charge is 2.29. The number of methoxy groups -OCH3 is 1. The maximum atomic E-state index is 13.5. The van der Waals surface area contributed by atoms with E-state index >= 15 is 0 Å². The van der Waals surface area contributed by atoms with Crippen molar-refractivity contribution in [2.45, 2.75) is 13.0 Å². The maximum absolute atomic E-state index is 13.5. The topological polar surface area (TPSA) is 78.9 Å². The molecule has 40 heavy (non-hydrogen) atoms. The normalized spacial score (nSPS) is 13.9. The average molecular weight is 536 g/mol. The first-order chi connectivity index (χ1) is 19.5. The Hall–Kier alpha value is -4.72. The predicted molar refractivity (Wildman–Crippen MR) is 155 cm³/mol. The lowest BCUT2D eigenvalue weighted by Crippen LogP contribution is -2.52. The molecule has 8 heteroatoms. The zero-order valence-corrected chi connectivity index (χ0v) is 22.8. The summed E-state index contributed by atoms with van der Waals surface area (Å²) in [7, 11) is 1.64. The lowest BCUT2D eigenvalue weighted by atomic mass is 10.1. The van der Waals surface area contributed by atoms with Crippen LogP contribution < -0.4 is 9.64 Å². The summed E-state index contributed by atoms with van der Waals surface area (Å²) in [4.78, 5) is 32.6. The number of ether oxygens (including phenoxy) is 1. The smallest absolute Gasteiger partial charge is 0.254 e. The van der Waals surface area contributed by atoms with E-state index in [1.54, 1.807) is 24.1 Å². The van der Waals surface area contributed by atoms with Crippen LogP contribution in [0.3, 0.4) is 0 Å². The van der Waals surface area contributed by atoms with Crippen LogP contribution in [0.4, 0.5) is 5.82 Å². The minimum Gasteiger partial charge on any atom is -0.497 e. The van der Waals surface area contributed by atoms with Crippen LogP contribution in [0.25, 0.3) is 11.3 Å². The van der Waals surface area contributed by atoms with Crippen LogP contribution in [0, 0.1) is 0 Å². The molecule has 1 aliphatic rings. The van der Waals surface area contributed by atoms with Crippen molar-refractivity contribution in [1.82, 2.24) is 20.0 Å². The molecular weight excluding hydrogens is 502 g/mol. The molecular formula is C32H33N5O3. The molecule has 2 amide bonds. The third kappa shape index (κ3) is 6.12. The molecule has 0 aliphatic carbocycles. The Bertz CT molecular complexity index is 1400. The third-order valence-electron chi connectivity index (χ3n) is 7.33. The molecule has 5 rings (SSSR count). The highest BCUT2D eigenvalue weighted by atomic mass is 16.5. The first-order valence-electron chi connectivity index (χ1n) is 13.5. The number of hydrogen-bond acceptors (Lipinski definition) is 6. The van der Waals surface area contributed by atoms with Crippen molar-refractivity contribution in [3.05, 3.63) is 108 Å². The Morgan fingerprint density at radius 3 is 2.08 bits per heavy atom. The molecule has 1 fully saturated rings. The highest BCUT2D eigenvalue weighted by Crippen LogP contribution is 2.24. The molecule has 0 saturated carbocycles. The van der Waals surface area contributed by atoms with Gasteiger partial charge in [0.05, 0.1) is 18.8 Å². The van der Waals surface area contributed by atoms with Gasteiger partial charge in [-0.05, 0) is 61.0 Å². The minimum absolute atomic E-state index is 0.0140. The molecule has 3 aromatic carbocycles. The first kappa shape index (κ1) is 26.9. The number of rotatable bonds is 8. The van der Waals surface area contributed by atoms with Gasteiger partial charge in [0.15, 0.2) is 5.82 Å². The van der Waals surface area contributed by atoms with Crippen molar-refractivity contribution in [1.29, 1.82) is 0 Å². The van der Waals surface area contributed by atoms with E-state index < -0.39 is 0 Å². The second kappa shape index (κ2) is 12.4. The molecule has 0 bridgehead atoms. The number of benzene rings is 3. The number of amides is 2. The van der Waals surface area contributed by atoms with Gasteiger partial charge in [-0.1, -0.05) is 48.5 Å². The number of anilines is 1. The first-order valence-corrected chi connectivity index (χ1v) is 13.5. The van der Waals surface area contributed by atoms with Gasteiger partial charge >= 0.3 is 0 Å². The van der Waals surface area contributed by atoms with E-state index in [9.17, 15) is 9.59 Å². The van der Waals surface area contributed by atoms with Crippen LogP contribution >= 0.6 is 0 Å². The monoisotopic (exact) mass is 535 g/mol. The standard InChI is InChI=1S/C32H33N5O3/c1-24(25-9-5-3-6-10-25)37(32(39)27-11-7-4-8-12-27)23-31(38)36-21-19-35(20-22-36)30-18-17-29(33-34-30)26-13-15-28(40-2)16-14-26/h3-18,24H,19-23H2,1-2H3/t24-/m1/s1. The van der Waals surface area contributed by atoms with Gasteiger partial charge in [0.25, 0.3) is 5.91 Å². The Balaban J connectivity index is 1.23. The summed E-state index contributed by atoms with van der Waals surface area (Å²) in [5.74, 6) is 1.36. The number of hydrogen-bond donors (Lipinski definition) is 0. The van der Waals surface area contributed by atoms with Crippen molar-refractivity contribution in [2.75, 3.05) is 44.7 Å². The molecule has 1 aromatic heterocycles. The molecule has 0 spiro atoms. The molecule has 204 valence electrons. The van der Waals surface area contributed by atoms with Crippen LogP contribution in [0.1, 0.15) is 28.9 Å². The Kier molecular flexibility index (Phi) is 8.35. The quantitative estimate of drug-likeness (QED) is 0.325. The summed E-state index contributed by atoms with van der Waals surface area (Å²) in [5.41, 5.74) is 3.31. The maximum Gasteiger partial charge on any atom is 0.254 e. The van der Waals surface area contributed by atoms with Gasteiger partial charge < -0.3 is 19.4 Å². The zero-order valence-electron chi connectivity index (χ0n) is 22.8. The molecule has 1 saturated heterocycles. The van der Waals surface area contributed by atoms with Crippen LogP contribution in [0.15, 0.2) is 97.1 Å². The Morgan fingerprint density at radius 1 is 0.825 bits per heavy atom. The fourth-order valence-electron chi connectivity index (χ4n) is 4.88. The van der Waals surface area contributed by atoms with Crippen molar-refractivity contribution < 1.29 is 14.3 Å². The zero-order chi connectivity index (χ0) is 27.9. The molecule has 0 radical (unpaired) electrons. The van der Waals surface area contributed by atoms with E-state index in [1.807, 2.05) is 96.8 Å². The lowest BCUT2D eigenvalue weighted by molar-refractivity contribution is -0.132. The van der Waals surface area contributed by atoms with Gasteiger partial charge in [-0.15, -0.1) is 10.2 Å². The summed E-state index contributed by atoms with van der Waals surface area (Å²) >= 11 is 0. The number of piperazine rings is 1. The van der Waals surface area contributed by atoms with E-state index in [0.717, 1.165) is 28.4 Å². The largest absolute Gasteiger partial charge is 0.497 e. The van der Waals surface area contributed by atoms with Crippen LogP contribution in [-0.4, -0.2) is 71.6 Å². The van der Waals surface area contributed by atoms with Gasteiger partial charge in [0, 0.05) is 37.3 Å². The van der Waals surface area contributed by atoms with E-state index in [2.05, 4.69) is 15.1 Å². The average Bonchev–Trinajstić information content (AvgIpc) is 3.04. The highest BCUT2D eigenvalue weighted by molar-refractivity contribution is 5.96. The Morgan fingerprint density at radius 2 is 1.48 bits per heavy atom. The van der Waals surface area contributed by atoms with Gasteiger partial charge in [-0.25, -0.2) is 0 Å². The van der Waals surface area contributed by atoms with Crippen LogP contribution in [-0.2, 0) is 4.79 Å². The molecule has 0 N–H and O–H groups in total. The number of carbonyl (C=O) groups excluding carboxylic acids is 2. The second-order valence-corrected chi connectivity index (χ2v) is 9.76. The van der Waals surface area contributed by atoms with E-state index in [-0.39, 0.29) is 24.4 Å². The number of aromatic nitrogens is 2. The van der Waals surface area contributed by atoms with Crippen molar-refractivity contribution in [3.8, 4) is 17.0 Å². The molecule has 1 aliphatic heterocycles. The van der Waals surface area contributed by atoms with Crippen molar-refractivity contribution in [2.24, 2.45) is 0 Å². The van der Waals surface area contributed by atoms with Gasteiger partial charge in [-0.3, -0.25) is 9.59 Å². The van der Waals surface area contributed by atoms with E-state index in [1.165, 1.54) is 0 Å². The molecule has 4 aromatic rings. The molecule has 8 nitrogen and oxygen atoms in total. The second-order valence-electron chi connectivity index (χ2n) is 9.76. The number of nitrogens with zero attached hydrogens (tertiary/aromatic N) is 5. The van der Waals surface area contributed by atoms with Crippen LogP contribution in [0.2, 0.25) is 0 Å². The fraction of sp³-hybridized carbons (Fsp3) is 0.250. The summed E-state index contributed by atoms with van der Waals surface area (Å²) in [6.45, 7) is 4.36. The number of carbonyl (C=O) groups is 2. The van der Waals surface area contributed by atoms with Gasteiger partial charge in [0.2, 0.25) is 5.91 Å². The van der Waals surface area contributed by atoms with E-state index in [4.69, 9.17) is 4.74 Å². The van der Waals surface area contributed by atoms with Crippen LogP contribution in [0.5, 0.6) is 5.75 Å². The fourth-order valence-corrected chi connectivity index (χ4v) is 4.88. The summed E-state index contributed by atoms with van der Waals surface area (Å²) < 4.78 is 5.22. The third-order valence-corrected chi connectivity index (χ3v) is 7.33.